The Labute approximate surface area is 202 Å². The van der Waals surface area contributed by atoms with Crippen LogP contribution in [0.15, 0.2) is 0 Å². The first-order valence-electron chi connectivity index (χ1n) is 6.69. The molecule has 0 amide bonds. The molecule has 0 rings (SSSR count). The van der Waals surface area contributed by atoms with Crippen LogP contribution >= 0.6 is 0 Å². The topological polar surface area (TPSA) is 277 Å². The molecule has 0 saturated heterocycles. The molecule has 0 N–H and O–H groups in total. The van der Waals surface area contributed by atoms with Crippen molar-refractivity contribution in [2.24, 2.45) is 0 Å². The molecule has 12 nitrogen and oxygen atoms in total. The maximum Gasteiger partial charge on any atom is 4.00 e. The van der Waals surface area contributed by atoms with Crippen LogP contribution in [0.3, 0.4) is 0 Å². The Kier molecular flexibility index (Phi) is 38.7. The second kappa shape index (κ2) is 22.4. The molecular weight excluding hydrogens is 480 g/mol. The Bertz CT molecular complexity index is 213. The summed E-state index contributed by atoms with van der Waals surface area (Å²) in [4.78, 5) is 0. The molecule has 0 fully saturated rings. The van der Waals surface area contributed by atoms with Gasteiger partial charge in [0.1, 0.15) is 0 Å². The van der Waals surface area contributed by atoms with Gasteiger partial charge in [-0.15, -0.1) is 0 Å². The van der Waals surface area contributed by atoms with Crippen molar-refractivity contribution >= 4 is 0 Å². The Morgan fingerprint density at radius 1 is 0.333 bits per heavy atom. The molecule has 15 heteroatoms. The van der Waals surface area contributed by atoms with E-state index in [2.05, 4.69) is 0 Å². The minimum absolute atomic E-state index is 0. The van der Waals surface area contributed by atoms with E-state index in [0.717, 1.165) is 0 Å². The fraction of sp³-hybridized carbons (Fsp3) is 1.00. The molecule has 0 heterocycles. The molecule has 0 aromatic rings. The van der Waals surface area contributed by atoms with Gasteiger partial charge in [-0.05, 0) is 0 Å². The SMILES string of the molecule is CCC([O-])([O-])[O-].CCC([O-])([O-])[O-].CCC([O-])([O-])[O-].CCC([O-])([O-])[O-].[Ti+4].[Ti+4].[Ti+4]. The smallest absolute Gasteiger partial charge is 0.876 e. The van der Waals surface area contributed by atoms with E-state index in [1.807, 2.05) is 0 Å². The number of hydrogen-bond donors (Lipinski definition) is 0. The van der Waals surface area contributed by atoms with Gasteiger partial charge in [0.2, 0.25) is 0 Å². The molecule has 0 aliphatic heterocycles. The zero-order valence-electron chi connectivity index (χ0n) is 15.2. The first-order chi connectivity index (χ1) is 10.2. The zero-order valence-corrected chi connectivity index (χ0v) is 19.9. The van der Waals surface area contributed by atoms with Crippen LogP contribution in [-0.2, 0) is 65.2 Å². The first-order valence-corrected chi connectivity index (χ1v) is 6.69. The summed E-state index contributed by atoms with van der Waals surface area (Å²) in [6, 6.07) is 0. The summed E-state index contributed by atoms with van der Waals surface area (Å²) in [6.07, 6.45) is -1.58. The van der Waals surface area contributed by atoms with Crippen molar-refractivity contribution in [2.75, 3.05) is 0 Å². The quantitative estimate of drug-likeness (QED) is 0.257. The van der Waals surface area contributed by atoms with Crippen LogP contribution < -0.4 is 61.3 Å². The van der Waals surface area contributed by atoms with Gasteiger partial charge in [-0.2, -0.15) is 0 Å². The van der Waals surface area contributed by atoms with Crippen LogP contribution in [0.4, 0.5) is 0 Å². The van der Waals surface area contributed by atoms with Crippen molar-refractivity contribution in [3.63, 3.8) is 0 Å². The van der Waals surface area contributed by atoms with Crippen LogP contribution in [0.5, 0.6) is 0 Å². The molecule has 0 bridgehead atoms. The van der Waals surface area contributed by atoms with E-state index in [-0.39, 0.29) is 65.2 Å². The van der Waals surface area contributed by atoms with E-state index >= 15 is 0 Å². The van der Waals surface area contributed by atoms with Crippen LogP contribution in [0.25, 0.3) is 0 Å². The molecule has 27 heavy (non-hydrogen) atoms. The minimum atomic E-state index is -3.21. The van der Waals surface area contributed by atoms with Crippen molar-refractivity contribution in [2.45, 2.75) is 77.3 Å². The molecule has 0 aromatic heterocycles. The van der Waals surface area contributed by atoms with Crippen molar-refractivity contribution in [3.8, 4) is 0 Å². The van der Waals surface area contributed by atoms with Crippen LogP contribution in [0.1, 0.15) is 53.4 Å². The molecule has 0 atom stereocenters. The fourth-order valence-electron chi connectivity index (χ4n) is 0. The summed E-state index contributed by atoms with van der Waals surface area (Å²) in [5.41, 5.74) is 0. The Morgan fingerprint density at radius 2 is 0.370 bits per heavy atom. The molecule has 0 radical (unpaired) electrons. The summed E-state index contributed by atoms with van der Waals surface area (Å²) in [5.74, 6) is -12.8. The molecule has 152 valence electrons. The Morgan fingerprint density at radius 3 is 0.370 bits per heavy atom. The van der Waals surface area contributed by atoms with Crippen molar-refractivity contribution in [1.29, 1.82) is 0 Å². The summed E-state index contributed by atoms with van der Waals surface area (Å²) < 4.78 is 0. The van der Waals surface area contributed by atoms with Crippen molar-refractivity contribution in [3.05, 3.63) is 0 Å². The normalized spacial score (nSPS) is 10.7. The molecule has 0 aliphatic carbocycles. The molecule has 0 unspecified atom stereocenters. The summed E-state index contributed by atoms with van der Waals surface area (Å²) in [6.45, 7) is 5.08. The summed E-state index contributed by atoms with van der Waals surface area (Å²) in [5, 5.41) is 112. The molecule has 0 spiro atoms. The monoisotopic (exact) mass is 500 g/mol. The van der Waals surface area contributed by atoms with E-state index in [4.69, 9.17) is 0 Å². The van der Waals surface area contributed by atoms with E-state index in [9.17, 15) is 61.3 Å². The number of hydrogen-bond acceptors (Lipinski definition) is 12. The third-order valence-corrected chi connectivity index (χ3v) is 1.73. The van der Waals surface area contributed by atoms with Gasteiger partial charge in [0.05, 0.1) is 0 Å². The average molecular weight is 500 g/mol. The van der Waals surface area contributed by atoms with Crippen LogP contribution in [0.2, 0.25) is 0 Å². The van der Waals surface area contributed by atoms with Gasteiger partial charge in [0.15, 0.2) is 0 Å². The molecule has 0 aliphatic rings. The fourth-order valence-corrected chi connectivity index (χ4v) is 0. The Balaban J connectivity index is -0.0000000381. The second-order valence-corrected chi connectivity index (χ2v) is 4.15. The van der Waals surface area contributed by atoms with Gasteiger partial charge < -0.3 is 85.2 Å². The van der Waals surface area contributed by atoms with Crippen molar-refractivity contribution in [1.82, 2.24) is 0 Å². The standard InChI is InChI=1S/4C3H5O3.3Ti/c4*1-2-3(4,5)6;;;/h4*2H2,1H3;;;/q4*-3;3*+4. The maximum atomic E-state index is 9.36. The zero-order chi connectivity index (χ0) is 20.8. The van der Waals surface area contributed by atoms with E-state index < -0.39 is 49.6 Å². The summed E-state index contributed by atoms with van der Waals surface area (Å²) >= 11 is 0. The molecule has 0 saturated carbocycles. The first kappa shape index (κ1) is 46.7. The second-order valence-electron chi connectivity index (χ2n) is 4.15. The van der Waals surface area contributed by atoms with Gasteiger partial charge in [0.25, 0.3) is 0 Å². The third kappa shape index (κ3) is 97.6. The van der Waals surface area contributed by atoms with Gasteiger partial charge in [-0.3, -0.25) is 0 Å². The summed E-state index contributed by atoms with van der Waals surface area (Å²) in [7, 11) is 0. The van der Waals surface area contributed by atoms with E-state index in [0.29, 0.717) is 0 Å². The number of rotatable bonds is 4. The minimum Gasteiger partial charge on any atom is -0.876 e. The maximum absolute atomic E-state index is 9.36. The van der Waals surface area contributed by atoms with Gasteiger partial charge in [0, 0.05) is 0 Å². The average Bonchev–Trinajstić information content (AvgIpc) is 2.37. The molecular formula is C12H20O12Ti3. The van der Waals surface area contributed by atoms with Crippen LogP contribution in [0, 0.1) is 0 Å². The van der Waals surface area contributed by atoms with Gasteiger partial charge >= 0.3 is 65.2 Å². The van der Waals surface area contributed by atoms with Gasteiger partial charge in [-0.1, -0.05) is 53.4 Å². The van der Waals surface area contributed by atoms with E-state index in [1.165, 1.54) is 27.7 Å². The largest absolute Gasteiger partial charge is 4.00 e. The predicted molar refractivity (Wildman–Crippen MR) is 52.1 cm³/mol. The van der Waals surface area contributed by atoms with E-state index in [1.54, 1.807) is 0 Å². The molecule has 0 aromatic carbocycles. The van der Waals surface area contributed by atoms with Crippen LogP contribution in [-0.4, -0.2) is 23.9 Å². The third-order valence-electron chi connectivity index (χ3n) is 1.73. The Hall–Kier alpha value is 1.66. The van der Waals surface area contributed by atoms with Gasteiger partial charge in [-0.25, -0.2) is 0 Å². The predicted octanol–water partition coefficient (Wildman–Crippen LogP) is -11.5. The van der Waals surface area contributed by atoms with Crippen molar-refractivity contribution < 1.29 is 126 Å².